The molecule has 12 nitrogen and oxygen atoms in total. The van der Waals surface area contributed by atoms with Crippen molar-refractivity contribution >= 4 is 39.3 Å². The fraction of sp³-hybridized carbons (Fsp3) is 0.273. The van der Waals surface area contributed by atoms with Gasteiger partial charge in [0, 0.05) is 13.0 Å². The Morgan fingerprint density at radius 1 is 1.14 bits per heavy atom. The van der Waals surface area contributed by atoms with Crippen molar-refractivity contribution in [1.29, 1.82) is 0 Å². The van der Waals surface area contributed by atoms with Crippen LogP contribution in [0.1, 0.15) is 24.0 Å². The fourth-order valence-electron chi connectivity index (χ4n) is 3.31. The zero-order chi connectivity index (χ0) is 25.4. The van der Waals surface area contributed by atoms with Gasteiger partial charge in [-0.15, -0.1) is 0 Å². The number of oxime groups is 1. The molecule has 0 aliphatic carbocycles. The second kappa shape index (κ2) is 11.4. The Balaban J connectivity index is 1.48. The molecule has 13 heteroatoms. The molecular formula is C22H26N6O6S. The lowest BCUT2D eigenvalue weighted by molar-refractivity contribution is -0.139. The Hall–Kier alpha value is -3.97. The number of nitrogens with one attached hydrogen (secondary N) is 2. The van der Waals surface area contributed by atoms with Gasteiger partial charge in [-0.3, -0.25) is 9.59 Å². The van der Waals surface area contributed by atoms with Gasteiger partial charge in [0.1, 0.15) is 12.1 Å². The highest BCUT2D eigenvalue weighted by Gasteiger charge is 2.27. The number of carbonyl (C=O) groups is 2. The number of hydrogen-bond acceptors (Lipinski definition) is 7. The van der Waals surface area contributed by atoms with Crippen LogP contribution in [0, 0.1) is 0 Å². The van der Waals surface area contributed by atoms with E-state index in [0.29, 0.717) is 23.4 Å². The molecule has 0 bridgehead atoms. The molecule has 0 aromatic heterocycles. The summed E-state index contributed by atoms with van der Waals surface area (Å²) in [5.41, 5.74) is 13.2. The first-order valence-corrected chi connectivity index (χ1v) is 12.2. The number of amides is 1. The maximum absolute atomic E-state index is 12.3. The van der Waals surface area contributed by atoms with Crippen LogP contribution in [-0.2, 0) is 30.2 Å². The second-order valence-electron chi connectivity index (χ2n) is 7.81. The summed E-state index contributed by atoms with van der Waals surface area (Å²) in [5, 5.41) is 15.8. The van der Waals surface area contributed by atoms with Crippen LogP contribution in [0.3, 0.4) is 0 Å². The van der Waals surface area contributed by atoms with Gasteiger partial charge in [-0.1, -0.05) is 47.6 Å². The van der Waals surface area contributed by atoms with Gasteiger partial charge in [0.2, 0.25) is 15.9 Å². The molecule has 2 atom stereocenters. The number of benzene rings is 2. The normalized spacial score (nSPS) is 16.0. The number of aliphatic carboxylic acids is 1. The molecule has 2 aromatic carbocycles. The van der Waals surface area contributed by atoms with Crippen molar-refractivity contribution in [2.24, 2.45) is 21.6 Å². The molecule has 0 saturated carbocycles. The van der Waals surface area contributed by atoms with Crippen LogP contribution in [0.25, 0.3) is 0 Å². The zero-order valence-electron chi connectivity index (χ0n) is 18.6. The van der Waals surface area contributed by atoms with Crippen LogP contribution in [0.5, 0.6) is 0 Å². The Labute approximate surface area is 202 Å². The first kappa shape index (κ1) is 25.6. The minimum atomic E-state index is -3.94. The Bertz CT molecular complexity index is 1210. The molecule has 0 unspecified atom stereocenters. The van der Waals surface area contributed by atoms with Crippen LogP contribution in [0.4, 0.5) is 5.69 Å². The van der Waals surface area contributed by atoms with Crippen molar-refractivity contribution in [3.8, 4) is 0 Å². The number of aliphatic imine (C=N–C) groups is 1. The number of nitrogens with zero attached hydrogens (tertiary/aromatic N) is 2. The monoisotopic (exact) mass is 502 g/mol. The molecule has 0 radical (unpaired) electrons. The topological polar surface area (TPSA) is 199 Å². The van der Waals surface area contributed by atoms with E-state index in [4.69, 9.17) is 16.3 Å². The van der Waals surface area contributed by atoms with Crippen LogP contribution in [-0.4, -0.2) is 55.8 Å². The molecule has 0 saturated heterocycles. The Morgan fingerprint density at radius 3 is 2.46 bits per heavy atom. The van der Waals surface area contributed by atoms with Crippen molar-refractivity contribution in [1.82, 2.24) is 10.0 Å². The predicted molar refractivity (Wildman–Crippen MR) is 129 cm³/mol. The molecular weight excluding hydrogens is 476 g/mol. The highest BCUT2D eigenvalue weighted by molar-refractivity contribution is 7.88. The van der Waals surface area contributed by atoms with E-state index in [-0.39, 0.29) is 18.1 Å². The van der Waals surface area contributed by atoms with E-state index in [0.717, 1.165) is 5.56 Å². The van der Waals surface area contributed by atoms with Gasteiger partial charge in [-0.2, -0.15) is 4.72 Å². The standard InChI is InChI=1S/C22H26N6O6S/c23-22(24)26-16-8-6-15(7-9-16)18-10-17(34-27-18)11-20(29)25-12-19(21(30)31)28-35(32,33)13-14-4-2-1-3-5-14/h1-9,17,19,28H,10-13H2,(H,25,29)(H,30,31)(H4,23,24,26)/t17-,19+/m1/s1. The van der Waals surface area contributed by atoms with E-state index < -0.39 is 40.6 Å². The predicted octanol–water partition coefficient (Wildman–Crippen LogP) is 0.164. The molecule has 1 heterocycles. The molecule has 35 heavy (non-hydrogen) atoms. The van der Waals surface area contributed by atoms with Crippen LogP contribution in [0.15, 0.2) is 64.7 Å². The van der Waals surface area contributed by atoms with Crippen LogP contribution < -0.4 is 21.5 Å². The molecule has 1 amide bonds. The summed E-state index contributed by atoms with van der Waals surface area (Å²) in [7, 11) is -3.94. The summed E-state index contributed by atoms with van der Waals surface area (Å²) >= 11 is 0. The van der Waals surface area contributed by atoms with Crippen molar-refractivity contribution < 1.29 is 28.0 Å². The number of nitrogens with two attached hydrogens (primary N) is 2. The van der Waals surface area contributed by atoms with Gasteiger partial charge in [0.25, 0.3) is 0 Å². The zero-order valence-corrected chi connectivity index (χ0v) is 19.4. The van der Waals surface area contributed by atoms with Gasteiger partial charge in [-0.25, -0.2) is 13.4 Å². The lowest BCUT2D eigenvalue weighted by Crippen LogP contribution is -2.48. The van der Waals surface area contributed by atoms with Gasteiger partial charge in [-0.05, 0) is 23.3 Å². The molecule has 186 valence electrons. The lowest BCUT2D eigenvalue weighted by atomic mass is 10.0. The number of carboxylic acid groups (broad SMARTS) is 1. The molecule has 0 spiro atoms. The maximum atomic E-state index is 12.3. The molecule has 7 N–H and O–H groups in total. The summed E-state index contributed by atoms with van der Waals surface area (Å²) in [5.74, 6) is -2.34. The molecule has 3 rings (SSSR count). The van der Waals surface area contributed by atoms with Crippen molar-refractivity contribution in [3.05, 3.63) is 65.7 Å². The highest BCUT2D eigenvalue weighted by Crippen LogP contribution is 2.21. The summed E-state index contributed by atoms with van der Waals surface area (Å²) < 4.78 is 26.8. The summed E-state index contributed by atoms with van der Waals surface area (Å²) in [4.78, 5) is 33.1. The number of carboxylic acids is 1. The quantitative estimate of drug-likeness (QED) is 0.211. The third kappa shape index (κ3) is 8.08. The number of carbonyl (C=O) groups excluding carboxylic acids is 1. The summed E-state index contributed by atoms with van der Waals surface area (Å²) in [6, 6.07) is 13.8. The minimum Gasteiger partial charge on any atom is -0.480 e. The Kier molecular flexibility index (Phi) is 8.39. The van der Waals surface area contributed by atoms with E-state index in [9.17, 15) is 23.1 Å². The number of guanidine groups is 1. The fourth-order valence-corrected chi connectivity index (χ4v) is 4.64. The largest absolute Gasteiger partial charge is 0.480 e. The summed E-state index contributed by atoms with van der Waals surface area (Å²) in [6.07, 6.45) is -0.260. The maximum Gasteiger partial charge on any atom is 0.323 e. The third-order valence-electron chi connectivity index (χ3n) is 4.93. The average Bonchev–Trinajstić information content (AvgIpc) is 3.25. The third-order valence-corrected chi connectivity index (χ3v) is 6.28. The molecule has 0 fully saturated rings. The number of rotatable bonds is 11. The smallest absolute Gasteiger partial charge is 0.323 e. The lowest BCUT2D eigenvalue weighted by Gasteiger charge is -2.16. The SMILES string of the molecule is NC(N)=Nc1ccc(C2=NO[C@@H](CC(=O)NC[C@H](NS(=O)(=O)Cc3ccccc3)C(=O)O)C2)cc1. The van der Waals surface area contributed by atoms with Crippen molar-refractivity contribution in [2.75, 3.05) is 6.54 Å². The van der Waals surface area contributed by atoms with Crippen LogP contribution >= 0.6 is 0 Å². The molecule has 1 aliphatic heterocycles. The van der Waals surface area contributed by atoms with E-state index in [1.54, 1.807) is 54.6 Å². The Morgan fingerprint density at radius 2 is 1.83 bits per heavy atom. The molecule has 2 aromatic rings. The van der Waals surface area contributed by atoms with Gasteiger partial charge in [0.15, 0.2) is 5.96 Å². The minimum absolute atomic E-state index is 0.0560. The van der Waals surface area contributed by atoms with E-state index in [1.807, 2.05) is 0 Å². The number of sulfonamides is 1. The molecule has 1 aliphatic rings. The van der Waals surface area contributed by atoms with Crippen LogP contribution in [0.2, 0.25) is 0 Å². The van der Waals surface area contributed by atoms with E-state index >= 15 is 0 Å². The van der Waals surface area contributed by atoms with E-state index in [2.05, 4.69) is 20.2 Å². The average molecular weight is 503 g/mol. The summed E-state index contributed by atoms with van der Waals surface area (Å²) in [6.45, 7) is -0.422. The van der Waals surface area contributed by atoms with Gasteiger partial charge < -0.3 is 26.7 Å². The first-order valence-electron chi connectivity index (χ1n) is 10.6. The van der Waals surface area contributed by atoms with Crippen molar-refractivity contribution in [2.45, 2.75) is 30.7 Å². The van der Waals surface area contributed by atoms with Crippen molar-refractivity contribution in [3.63, 3.8) is 0 Å². The van der Waals surface area contributed by atoms with Gasteiger partial charge in [0.05, 0.1) is 23.6 Å². The second-order valence-corrected chi connectivity index (χ2v) is 9.57. The highest BCUT2D eigenvalue weighted by atomic mass is 32.2. The van der Waals surface area contributed by atoms with E-state index in [1.165, 1.54) is 0 Å². The van der Waals surface area contributed by atoms with Gasteiger partial charge >= 0.3 is 5.97 Å². The first-order chi connectivity index (χ1) is 16.6. The number of hydrogen-bond donors (Lipinski definition) is 5.